The molecule has 0 aliphatic carbocycles. The van der Waals surface area contributed by atoms with Crippen LogP contribution in [0.1, 0.15) is 67.5 Å². The van der Waals surface area contributed by atoms with E-state index in [-0.39, 0.29) is 18.3 Å². The number of nitrogens with zero attached hydrogens (tertiary/aromatic N) is 1. The number of carbonyl (C=O) groups is 2. The molecule has 2 heterocycles. The lowest BCUT2D eigenvalue weighted by Crippen LogP contribution is -2.40. The van der Waals surface area contributed by atoms with Gasteiger partial charge in [-0.15, -0.1) is 0 Å². The number of amides is 1. The van der Waals surface area contributed by atoms with E-state index in [1.165, 1.54) is 6.07 Å². The molecule has 0 fully saturated rings. The number of hydrogen-bond acceptors (Lipinski definition) is 4. The van der Waals surface area contributed by atoms with Crippen LogP contribution in [0, 0.1) is 0 Å². The number of unbranched alkanes of at least 4 members (excludes halogenated alkanes) is 2. The zero-order valence-electron chi connectivity index (χ0n) is 21.0. The number of alkyl halides is 3. The number of methoxy groups -OCH3 is 1. The predicted molar refractivity (Wildman–Crippen MR) is 133 cm³/mol. The molecule has 3 aromatic rings. The van der Waals surface area contributed by atoms with Crippen LogP contribution >= 0.6 is 0 Å². The fourth-order valence-corrected chi connectivity index (χ4v) is 4.99. The van der Waals surface area contributed by atoms with E-state index >= 15 is 0 Å². The van der Waals surface area contributed by atoms with E-state index in [0.29, 0.717) is 56.6 Å². The standard InChI is InChI=1S/C28H31F3N2O4/c1-3-37-25(35)11-6-4-5-10-24(34)33-15-14-21-22-17-20(36-2)12-13-23(22)32-26(21)27(33)18-8-7-9-19(16-18)28(29,30)31/h7-9,12-13,16-17,27,32H,3-6,10-11,14-15H2,1-2H3/t27-/m1/s1. The lowest BCUT2D eigenvalue weighted by molar-refractivity contribution is -0.143. The molecular formula is C28H31F3N2O4. The van der Waals surface area contributed by atoms with Gasteiger partial charge >= 0.3 is 12.1 Å². The predicted octanol–water partition coefficient (Wildman–Crippen LogP) is 6.18. The zero-order chi connectivity index (χ0) is 26.6. The molecule has 6 nitrogen and oxygen atoms in total. The van der Waals surface area contributed by atoms with Gasteiger partial charge in [0, 0.05) is 36.0 Å². The second-order valence-corrected chi connectivity index (χ2v) is 9.16. The molecule has 2 aromatic carbocycles. The van der Waals surface area contributed by atoms with Crippen molar-refractivity contribution in [2.24, 2.45) is 0 Å². The van der Waals surface area contributed by atoms with E-state index < -0.39 is 17.8 Å². The summed E-state index contributed by atoms with van der Waals surface area (Å²) in [4.78, 5) is 29.9. The summed E-state index contributed by atoms with van der Waals surface area (Å²) < 4.78 is 50.9. The molecule has 0 bridgehead atoms. The van der Waals surface area contributed by atoms with Gasteiger partial charge in [0.25, 0.3) is 0 Å². The quantitative estimate of drug-likeness (QED) is 0.272. The van der Waals surface area contributed by atoms with Crippen LogP contribution in [0.3, 0.4) is 0 Å². The van der Waals surface area contributed by atoms with Gasteiger partial charge in [-0.3, -0.25) is 9.59 Å². The molecule has 1 amide bonds. The number of ether oxygens (including phenoxy) is 2. The largest absolute Gasteiger partial charge is 0.497 e. The van der Waals surface area contributed by atoms with E-state index in [2.05, 4.69) is 4.98 Å². The molecule has 198 valence electrons. The summed E-state index contributed by atoms with van der Waals surface area (Å²) in [6, 6.07) is 10.1. The minimum Gasteiger partial charge on any atom is -0.497 e. The maximum absolute atomic E-state index is 13.5. The van der Waals surface area contributed by atoms with Crippen LogP contribution in [-0.4, -0.2) is 42.0 Å². The first-order chi connectivity index (χ1) is 17.7. The van der Waals surface area contributed by atoms with Crippen molar-refractivity contribution >= 4 is 22.8 Å². The minimum absolute atomic E-state index is 0.125. The number of nitrogens with one attached hydrogen (secondary N) is 1. The van der Waals surface area contributed by atoms with E-state index in [4.69, 9.17) is 9.47 Å². The Kier molecular flexibility index (Phi) is 8.10. The molecule has 1 N–H and O–H groups in total. The topological polar surface area (TPSA) is 71.6 Å². The third kappa shape index (κ3) is 5.92. The summed E-state index contributed by atoms with van der Waals surface area (Å²) in [5, 5.41) is 0.942. The van der Waals surface area contributed by atoms with Gasteiger partial charge in [-0.05, 0) is 67.6 Å². The maximum atomic E-state index is 13.5. The van der Waals surface area contributed by atoms with Crippen LogP contribution in [0.25, 0.3) is 10.9 Å². The summed E-state index contributed by atoms with van der Waals surface area (Å²) in [5.41, 5.74) is 2.21. The summed E-state index contributed by atoms with van der Waals surface area (Å²) in [6.45, 7) is 2.48. The van der Waals surface area contributed by atoms with Crippen LogP contribution in [0.15, 0.2) is 42.5 Å². The molecule has 9 heteroatoms. The van der Waals surface area contributed by atoms with Crippen molar-refractivity contribution in [3.63, 3.8) is 0 Å². The number of H-pyrrole nitrogens is 1. The summed E-state index contributed by atoms with van der Waals surface area (Å²) in [5.74, 6) is 0.309. The van der Waals surface area contributed by atoms with Crippen LogP contribution in [-0.2, 0) is 26.9 Å². The van der Waals surface area contributed by atoms with Crippen molar-refractivity contribution < 1.29 is 32.2 Å². The van der Waals surface area contributed by atoms with Gasteiger partial charge in [0.2, 0.25) is 5.91 Å². The molecule has 1 aliphatic heterocycles. The van der Waals surface area contributed by atoms with Crippen molar-refractivity contribution in [2.45, 2.75) is 57.7 Å². The highest BCUT2D eigenvalue weighted by atomic mass is 19.4. The van der Waals surface area contributed by atoms with Gasteiger partial charge in [-0.25, -0.2) is 0 Å². The Hall–Kier alpha value is -3.49. The Bertz CT molecular complexity index is 1270. The van der Waals surface area contributed by atoms with Gasteiger partial charge in [-0.2, -0.15) is 13.2 Å². The van der Waals surface area contributed by atoms with Gasteiger partial charge in [0.1, 0.15) is 5.75 Å². The number of halogens is 3. The third-order valence-corrected chi connectivity index (χ3v) is 6.76. The fraction of sp³-hybridized carbons (Fsp3) is 0.429. The lowest BCUT2D eigenvalue weighted by atomic mass is 9.91. The number of benzene rings is 2. The Balaban J connectivity index is 1.62. The van der Waals surface area contributed by atoms with Gasteiger partial charge in [0.15, 0.2) is 0 Å². The van der Waals surface area contributed by atoms with Crippen molar-refractivity contribution in [1.29, 1.82) is 0 Å². The highest BCUT2D eigenvalue weighted by Gasteiger charge is 2.36. The lowest BCUT2D eigenvalue weighted by Gasteiger charge is -2.36. The number of esters is 1. The van der Waals surface area contributed by atoms with Crippen molar-refractivity contribution in [2.75, 3.05) is 20.3 Å². The average molecular weight is 517 g/mol. The molecule has 0 saturated heterocycles. The average Bonchev–Trinajstić information content (AvgIpc) is 3.25. The summed E-state index contributed by atoms with van der Waals surface area (Å²) >= 11 is 0. The molecular weight excluding hydrogens is 485 g/mol. The number of aromatic nitrogens is 1. The smallest absolute Gasteiger partial charge is 0.416 e. The molecule has 1 aromatic heterocycles. The number of carbonyl (C=O) groups excluding carboxylic acids is 2. The number of fused-ring (bicyclic) bond motifs is 3. The van der Waals surface area contributed by atoms with Gasteiger partial charge < -0.3 is 19.4 Å². The minimum atomic E-state index is -4.49. The van der Waals surface area contributed by atoms with Crippen molar-refractivity contribution in [3.05, 3.63) is 64.8 Å². The maximum Gasteiger partial charge on any atom is 0.416 e. The molecule has 4 rings (SSSR count). The van der Waals surface area contributed by atoms with E-state index in [1.54, 1.807) is 25.0 Å². The number of rotatable bonds is 9. The Morgan fingerprint density at radius 3 is 2.59 bits per heavy atom. The zero-order valence-corrected chi connectivity index (χ0v) is 21.0. The van der Waals surface area contributed by atoms with Crippen LogP contribution in [0.4, 0.5) is 13.2 Å². The third-order valence-electron chi connectivity index (χ3n) is 6.76. The number of hydrogen-bond donors (Lipinski definition) is 1. The Morgan fingerprint density at radius 1 is 1.08 bits per heavy atom. The molecule has 37 heavy (non-hydrogen) atoms. The van der Waals surface area contributed by atoms with E-state index in [1.807, 2.05) is 18.2 Å². The van der Waals surface area contributed by atoms with Crippen LogP contribution < -0.4 is 4.74 Å². The Labute approximate surface area is 213 Å². The molecule has 0 radical (unpaired) electrons. The second-order valence-electron chi connectivity index (χ2n) is 9.16. The van der Waals surface area contributed by atoms with Crippen molar-refractivity contribution in [3.8, 4) is 5.75 Å². The number of aromatic amines is 1. The normalized spacial score (nSPS) is 15.5. The Morgan fingerprint density at radius 2 is 1.86 bits per heavy atom. The summed E-state index contributed by atoms with van der Waals surface area (Å²) in [7, 11) is 1.58. The monoisotopic (exact) mass is 516 g/mol. The second kappa shape index (κ2) is 11.3. The molecule has 1 aliphatic rings. The fourth-order valence-electron chi connectivity index (χ4n) is 4.99. The van der Waals surface area contributed by atoms with Gasteiger partial charge in [0.05, 0.1) is 25.3 Å². The molecule has 1 atom stereocenters. The van der Waals surface area contributed by atoms with Crippen molar-refractivity contribution in [1.82, 2.24) is 9.88 Å². The first-order valence-corrected chi connectivity index (χ1v) is 12.5. The summed E-state index contributed by atoms with van der Waals surface area (Å²) in [6.07, 6.45) is -1.47. The highest BCUT2D eigenvalue weighted by molar-refractivity contribution is 5.88. The SMILES string of the molecule is CCOC(=O)CCCCCC(=O)N1CCc2c([nH]c3ccc(OC)cc23)[C@H]1c1cccc(C(F)(F)F)c1. The van der Waals surface area contributed by atoms with Crippen LogP contribution in [0.2, 0.25) is 0 Å². The molecule has 0 unspecified atom stereocenters. The van der Waals surface area contributed by atoms with Gasteiger partial charge in [-0.1, -0.05) is 18.6 Å². The molecule has 0 saturated carbocycles. The van der Waals surface area contributed by atoms with E-state index in [0.717, 1.165) is 34.3 Å². The van der Waals surface area contributed by atoms with E-state index in [9.17, 15) is 22.8 Å². The van der Waals surface area contributed by atoms with Crippen LogP contribution in [0.5, 0.6) is 5.75 Å². The first-order valence-electron chi connectivity index (χ1n) is 12.5. The first kappa shape index (κ1) is 26.6. The molecule has 0 spiro atoms. The highest BCUT2D eigenvalue weighted by Crippen LogP contribution is 2.41.